The van der Waals surface area contributed by atoms with Crippen molar-refractivity contribution >= 4 is 14.2 Å². The second-order valence-electron chi connectivity index (χ2n) is 2.83. The molecule has 0 fully saturated rings. The Labute approximate surface area is 78.4 Å². The van der Waals surface area contributed by atoms with Crippen LogP contribution in [-0.4, -0.2) is 24.0 Å². The van der Waals surface area contributed by atoms with Crippen LogP contribution in [0.4, 0.5) is 0 Å². The molecule has 0 heterocycles. The van der Waals surface area contributed by atoms with E-state index in [1.807, 2.05) is 13.8 Å². The highest BCUT2D eigenvalue weighted by molar-refractivity contribution is 7.32. The number of carbonyl (C=O) groups excluding carboxylic acids is 1. The maximum Gasteiger partial charge on any atom is 0.695 e. The van der Waals surface area contributed by atoms with Crippen LogP contribution in [0.2, 0.25) is 0 Å². The van der Waals surface area contributed by atoms with Gasteiger partial charge in [-0.15, -0.1) is 9.42 Å². The zero-order valence-corrected chi connectivity index (χ0v) is 8.71. The van der Waals surface area contributed by atoms with Gasteiger partial charge in [0.15, 0.2) is 6.61 Å². The zero-order valence-electron chi connectivity index (χ0n) is 7.82. The van der Waals surface area contributed by atoms with Crippen LogP contribution in [0.25, 0.3) is 0 Å². The van der Waals surface area contributed by atoms with Gasteiger partial charge in [0.1, 0.15) is 0 Å². The Morgan fingerprint density at radius 3 is 2.77 bits per heavy atom. The van der Waals surface area contributed by atoms with Crippen LogP contribution in [-0.2, 0) is 13.9 Å². The molecule has 0 radical (unpaired) electrons. The van der Waals surface area contributed by atoms with E-state index in [0.717, 1.165) is 6.42 Å². The molecular weight excluding hydrogens is 193 g/mol. The van der Waals surface area contributed by atoms with Gasteiger partial charge in [-0.1, -0.05) is 20.3 Å². The van der Waals surface area contributed by atoms with Gasteiger partial charge in [-0.25, -0.2) is 0 Å². The van der Waals surface area contributed by atoms with E-state index in [1.165, 1.54) is 0 Å². The third-order valence-corrected chi connectivity index (χ3v) is 2.00. The molecular formula is C7H15NO4P+. The molecule has 13 heavy (non-hydrogen) atoms. The van der Waals surface area contributed by atoms with Crippen molar-refractivity contribution in [2.24, 2.45) is 5.92 Å². The van der Waals surface area contributed by atoms with Crippen molar-refractivity contribution in [2.75, 3.05) is 13.2 Å². The third kappa shape index (κ3) is 7.84. The van der Waals surface area contributed by atoms with Gasteiger partial charge >= 0.3 is 8.25 Å². The number of carbonyl (C=O) groups is 1. The van der Waals surface area contributed by atoms with Gasteiger partial charge in [0.2, 0.25) is 0 Å². The van der Waals surface area contributed by atoms with E-state index in [-0.39, 0.29) is 12.5 Å². The fourth-order valence-electron chi connectivity index (χ4n) is 0.597. The summed E-state index contributed by atoms with van der Waals surface area (Å²) < 4.78 is 14.3. The fourth-order valence-corrected chi connectivity index (χ4v) is 0.825. The normalized spacial score (nSPS) is 13.6. The summed E-state index contributed by atoms with van der Waals surface area (Å²) >= 11 is 0. The molecule has 2 unspecified atom stereocenters. The van der Waals surface area contributed by atoms with Crippen molar-refractivity contribution in [3.63, 3.8) is 0 Å². The van der Waals surface area contributed by atoms with E-state index < -0.39 is 8.25 Å². The molecule has 0 bridgehead atoms. The molecule has 1 amide bonds. The zero-order chi connectivity index (χ0) is 10.3. The topological polar surface area (TPSA) is 75.6 Å². The van der Waals surface area contributed by atoms with Crippen LogP contribution in [0, 0.1) is 5.92 Å². The van der Waals surface area contributed by atoms with Crippen LogP contribution in [0.5, 0.6) is 0 Å². The van der Waals surface area contributed by atoms with Crippen molar-refractivity contribution < 1.29 is 18.8 Å². The van der Waals surface area contributed by atoms with Crippen LogP contribution in [0.15, 0.2) is 0 Å². The minimum absolute atomic E-state index is 0.359. The molecule has 76 valence electrons. The molecule has 0 aromatic carbocycles. The minimum atomic E-state index is -2.67. The second-order valence-corrected chi connectivity index (χ2v) is 3.56. The standard InChI is InChI=1S/C7H14NO4P/c1-3-6(2)4-8-7(9)5-12-13(10)11/h6H,3-5H2,1-2H3,(H-,8,9,10,11)/p+1. The first-order chi connectivity index (χ1) is 6.06. The van der Waals surface area contributed by atoms with E-state index >= 15 is 0 Å². The molecule has 2 atom stereocenters. The Kier molecular flexibility index (Phi) is 6.68. The number of amides is 1. The predicted molar refractivity (Wildman–Crippen MR) is 48.2 cm³/mol. The average Bonchev–Trinajstić information content (AvgIpc) is 2.10. The van der Waals surface area contributed by atoms with E-state index in [9.17, 15) is 9.36 Å². The molecule has 0 saturated carbocycles. The molecule has 0 aromatic heterocycles. The van der Waals surface area contributed by atoms with Gasteiger partial charge in [0.25, 0.3) is 5.91 Å². The summed E-state index contributed by atoms with van der Waals surface area (Å²) in [6.45, 7) is 4.24. The molecule has 0 rings (SSSR count). The number of nitrogens with one attached hydrogen (secondary N) is 1. The molecule has 6 heteroatoms. The highest BCUT2D eigenvalue weighted by Gasteiger charge is 2.15. The van der Waals surface area contributed by atoms with Crippen molar-refractivity contribution in [3.8, 4) is 0 Å². The summed E-state index contributed by atoms with van der Waals surface area (Å²) in [7, 11) is -2.67. The average molecular weight is 208 g/mol. The Hall–Kier alpha value is -0.510. The summed E-state index contributed by atoms with van der Waals surface area (Å²) in [6.07, 6.45) is 0.982. The SMILES string of the molecule is CCC(C)CNC(=O)CO[P+](=O)O. The van der Waals surface area contributed by atoms with E-state index in [2.05, 4.69) is 9.84 Å². The van der Waals surface area contributed by atoms with Crippen molar-refractivity contribution in [1.82, 2.24) is 5.32 Å². The van der Waals surface area contributed by atoms with Crippen molar-refractivity contribution in [1.29, 1.82) is 0 Å². The van der Waals surface area contributed by atoms with Gasteiger partial charge in [-0.05, 0) is 5.92 Å². The summed E-state index contributed by atoms with van der Waals surface area (Å²) in [6, 6.07) is 0. The smallest absolute Gasteiger partial charge is 0.354 e. The molecule has 0 aliphatic rings. The summed E-state index contributed by atoms with van der Waals surface area (Å²) in [4.78, 5) is 19.1. The van der Waals surface area contributed by atoms with Gasteiger partial charge in [-0.2, -0.15) is 0 Å². The lowest BCUT2D eigenvalue weighted by atomic mass is 10.1. The number of rotatable bonds is 6. The van der Waals surface area contributed by atoms with E-state index in [4.69, 9.17) is 4.89 Å². The van der Waals surface area contributed by atoms with Crippen LogP contribution in [0.3, 0.4) is 0 Å². The van der Waals surface area contributed by atoms with E-state index in [0.29, 0.717) is 12.5 Å². The second kappa shape index (κ2) is 6.95. The van der Waals surface area contributed by atoms with Gasteiger partial charge in [0, 0.05) is 11.1 Å². The summed E-state index contributed by atoms with van der Waals surface area (Å²) in [5.74, 6) is 0.0459. The minimum Gasteiger partial charge on any atom is -0.354 e. The number of hydrogen-bond acceptors (Lipinski definition) is 3. The lowest BCUT2D eigenvalue weighted by Crippen LogP contribution is -2.30. The lowest BCUT2D eigenvalue weighted by Gasteiger charge is -2.08. The molecule has 2 N–H and O–H groups in total. The quantitative estimate of drug-likeness (QED) is 0.633. The van der Waals surface area contributed by atoms with Crippen LogP contribution in [0.1, 0.15) is 20.3 Å². The molecule has 5 nitrogen and oxygen atoms in total. The highest BCUT2D eigenvalue weighted by atomic mass is 31.1. The van der Waals surface area contributed by atoms with Crippen molar-refractivity contribution in [3.05, 3.63) is 0 Å². The molecule has 0 aliphatic heterocycles. The Bertz CT molecular complexity index is 185. The fraction of sp³-hybridized carbons (Fsp3) is 0.857. The number of hydrogen-bond donors (Lipinski definition) is 2. The van der Waals surface area contributed by atoms with E-state index in [1.54, 1.807) is 0 Å². The molecule has 0 aromatic rings. The Balaban J connectivity index is 3.46. The third-order valence-electron chi connectivity index (χ3n) is 1.65. The van der Waals surface area contributed by atoms with Gasteiger partial charge in [0.05, 0.1) is 0 Å². The highest BCUT2D eigenvalue weighted by Crippen LogP contribution is 2.12. The largest absolute Gasteiger partial charge is 0.695 e. The Morgan fingerprint density at radius 2 is 2.31 bits per heavy atom. The van der Waals surface area contributed by atoms with Gasteiger partial charge < -0.3 is 5.32 Å². The Morgan fingerprint density at radius 1 is 1.69 bits per heavy atom. The van der Waals surface area contributed by atoms with Crippen LogP contribution >= 0.6 is 8.25 Å². The maximum absolute atomic E-state index is 10.9. The maximum atomic E-state index is 10.9. The predicted octanol–water partition coefficient (Wildman–Crippen LogP) is 0.815. The summed E-state index contributed by atoms with van der Waals surface area (Å²) in [5, 5.41) is 2.59. The monoisotopic (exact) mass is 208 g/mol. The van der Waals surface area contributed by atoms with Crippen LogP contribution < -0.4 is 5.32 Å². The first-order valence-corrected chi connectivity index (χ1v) is 5.25. The lowest BCUT2D eigenvalue weighted by molar-refractivity contribution is -0.123. The van der Waals surface area contributed by atoms with Gasteiger partial charge in [-0.3, -0.25) is 4.79 Å². The first kappa shape index (κ1) is 12.5. The summed E-state index contributed by atoms with van der Waals surface area (Å²) in [5.41, 5.74) is 0. The van der Waals surface area contributed by atoms with Crippen molar-refractivity contribution in [2.45, 2.75) is 20.3 Å². The molecule has 0 spiro atoms. The first-order valence-electron chi connectivity index (χ1n) is 4.12. The molecule has 0 saturated heterocycles. The molecule has 0 aliphatic carbocycles.